The molecule has 150 valence electrons. The second-order valence-electron chi connectivity index (χ2n) is 7.35. The first-order valence-electron chi connectivity index (χ1n) is 9.68. The molecule has 0 radical (unpaired) electrons. The van der Waals surface area contributed by atoms with E-state index in [4.69, 9.17) is 15.5 Å². The number of piperidine rings is 1. The molecule has 3 aromatic rings. The molecule has 1 aromatic heterocycles. The number of benzene rings is 2. The van der Waals surface area contributed by atoms with E-state index < -0.39 is 5.97 Å². The first kappa shape index (κ1) is 19.4. The van der Waals surface area contributed by atoms with Crippen molar-refractivity contribution in [2.45, 2.75) is 25.7 Å². The van der Waals surface area contributed by atoms with Gasteiger partial charge < -0.3 is 15.4 Å². The molecule has 1 atom stereocenters. The van der Waals surface area contributed by atoms with Crippen molar-refractivity contribution >= 4 is 39.1 Å². The van der Waals surface area contributed by atoms with Crippen LogP contribution in [0.3, 0.4) is 0 Å². The van der Waals surface area contributed by atoms with E-state index in [0.29, 0.717) is 24.3 Å². The number of para-hydroxylation sites is 1. The maximum absolute atomic E-state index is 12.6. The first-order valence-corrected chi connectivity index (χ1v) is 10.5. The highest BCUT2D eigenvalue weighted by Crippen LogP contribution is 2.33. The lowest BCUT2D eigenvalue weighted by Crippen LogP contribution is -2.41. The number of anilines is 1. The van der Waals surface area contributed by atoms with Gasteiger partial charge in [0.25, 0.3) is 5.91 Å². The Morgan fingerprint density at radius 3 is 2.90 bits per heavy atom. The predicted octanol–water partition coefficient (Wildman–Crippen LogP) is 3.75. The Hall–Kier alpha value is -2.93. The third kappa shape index (κ3) is 4.24. The quantitative estimate of drug-likeness (QED) is 0.524. The van der Waals surface area contributed by atoms with Crippen LogP contribution in [0.15, 0.2) is 42.5 Å². The van der Waals surface area contributed by atoms with Crippen molar-refractivity contribution in [2.24, 2.45) is 0 Å². The van der Waals surface area contributed by atoms with Crippen molar-refractivity contribution in [1.29, 1.82) is 0 Å². The molecule has 0 bridgehead atoms. The van der Waals surface area contributed by atoms with Gasteiger partial charge in [-0.25, -0.2) is 9.78 Å². The fourth-order valence-electron chi connectivity index (χ4n) is 3.54. The zero-order valence-electron chi connectivity index (χ0n) is 16.3. The number of nitrogens with two attached hydrogens (primary N) is 1. The largest absolute Gasteiger partial charge is 0.452 e. The van der Waals surface area contributed by atoms with E-state index in [0.717, 1.165) is 33.6 Å². The van der Waals surface area contributed by atoms with E-state index >= 15 is 0 Å². The van der Waals surface area contributed by atoms with Gasteiger partial charge in [-0.3, -0.25) is 4.79 Å². The Bertz CT molecular complexity index is 1030. The molecule has 6 nitrogen and oxygen atoms in total. The van der Waals surface area contributed by atoms with Gasteiger partial charge in [-0.05, 0) is 49.6 Å². The van der Waals surface area contributed by atoms with E-state index in [1.165, 1.54) is 0 Å². The van der Waals surface area contributed by atoms with Crippen molar-refractivity contribution < 1.29 is 14.3 Å². The summed E-state index contributed by atoms with van der Waals surface area (Å²) in [6, 6.07) is 13.1. The normalized spacial score (nSPS) is 16.7. The summed E-state index contributed by atoms with van der Waals surface area (Å²) < 4.78 is 6.39. The number of ether oxygens (including phenoxy) is 1. The van der Waals surface area contributed by atoms with Crippen LogP contribution in [0, 0.1) is 6.92 Å². The summed E-state index contributed by atoms with van der Waals surface area (Å²) in [5.41, 5.74) is 8.62. The van der Waals surface area contributed by atoms with E-state index in [9.17, 15) is 9.59 Å². The lowest BCUT2D eigenvalue weighted by Gasteiger charge is -2.31. The summed E-state index contributed by atoms with van der Waals surface area (Å²) in [4.78, 5) is 31.4. The van der Waals surface area contributed by atoms with Crippen LogP contribution in [0.4, 0.5) is 5.69 Å². The Kier molecular flexibility index (Phi) is 5.49. The molecule has 29 heavy (non-hydrogen) atoms. The van der Waals surface area contributed by atoms with Crippen LogP contribution >= 0.6 is 11.3 Å². The molecular formula is C22H23N3O3S. The van der Waals surface area contributed by atoms with E-state index in [1.54, 1.807) is 34.4 Å². The van der Waals surface area contributed by atoms with E-state index in [1.807, 2.05) is 25.1 Å². The standard InChI is InChI=1S/C22H23N3O3S/c1-14-8-9-15(11-17(14)23)22(27)28-13-20(26)25-10-4-5-16(12-25)21-24-18-6-2-3-7-19(18)29-21/h2-3,6-9,11,16H,4-5,10,12-13,23H2,1H3/t16-/m0/s1. The molecule has 2 heterocycles. The van der Waals surface area contributed by atoms with Crippen molar-refractivity contribution in [3.63, 3.8) is 0 Å². The molecule has 2 N–H and O–H groups in total. The van der Waals surface area contributed by atoms with Crippen molar-refractivity contribution in [3.05, 3.63) is 58.6 Å². The zero-order chi connectivity index (χ0) is 20.4. The number of carbonyl (C=O) groups excluding carboxylic acids is 2. The first-order chi connectivity index (χ1) is 14.0. The highest BCUT2D eigenvalue weighted by atomic mass is 32.1. The van der Waals surface area contributed by atoms with Gasteiger partial charge in [-0.15, -0.1) is 11.3 Å². The SMILES string of the molecule is Cc1ccc(C(=O)OCC(=O)N2CCC[C@H](c3nc4ccccc4s3)C2)cc1N. The van der Waals surface area contributed by atoms with Crippen molar-refractivity contribution in [3.8, 4) is 0 Å². The number of hydrogen-bond acceptors (Lipinski definition) is 6. The average molecular weight is 410 g/mol. The van der Waals surface area contributed by atoms with Gasteiger partial charge in [0.15, 0.2) is 6.61 Å². The highest BCUT2D eigenvalue weighted by Gasteiger charge is 2.27. The minimum Gasteiger partial charge on any atom is -0.452 e. The molecule has 0 unspecified atom stereocenters. The lowest BCUT2D eigenvalue weighted by molar-refractivity contribution is -0.135. The Balaban J connectivity index is 1.37. The number of esters is 1. The number of thiazole rings is 1. The molecular weight excluding hydrogens is 386 g/mol. The molecule has 1 aliphatic rings. The molecule has 7 heteroatoms. The van der Waals surface area contributed by atoms with Crippen LogP contribution in [-0.4, -0.2) is 41.5 Å². The predicted molar refractivity (Wildman–Crippen MR) is 114 cm³/mol. The van der Waals surface area contributed by atoms with Gasteiger partial charge in [-0.2, -0.15) is 0 Å². The number of carbonyl (C=O) groups is 2. The molecule has 2 aromatic carbocycles. The number of aryl methyl sites for hydroxylation is 1. The number of nitrogens with zero attached hydrogens (tertiary/aromatic N) is 2. The maximum Gasteiger partial charge on any atom is 0.338 e. The van der Waals surface area contributed by atoms with Crippen LogP contribution in [0.25, 0.3) is 10.2 Å². The Morgan fingerprint density at radius 1 is 1.28 bits per heavy atom. The van der Waals surface area contributed by atoms with Gasteiger partial charge in [0.1, 0.15) is 0 Å². The number of aromatic nitrogens is 1. The van der Waals surface area contributed by atoms with Crippen molar-refractivity contribution in [1.82, 2.24) is 9.88 Å². The van der Waals surface area contributed by atoms with Crippen LogP contribution < -0.4 is 5.73 Å². The minimum absolute atomic E-state index is 0.177. The smallest absolute Gasteiger partial charge is 0.338 e. The molecule has 1 amide bonds. The number of amides is 1. The fraction of sp³-hybridized carbons (Fsp3) is 0.318. The highest BCUT2D eigenvalue weighted by molar-refractivity contribution is 7.18. The maximum atomic E-state index is 12.6. The summed E-state index contributed by atoms with van der Waals surface area (Å²) in [6.07, 6.45) is 1.92. The zero-order valence-corrected chi connectivity index (χ0v) is 17.1. The fourth-order valence-corrected chi connectivity index (χ4v) is 4.63. The lowest BCUT2D eigenvalue weighted by atomic mass is 9.99. The van der Waals surface area contributed by atoms with Crippen LogP contribution in [0.1, 0.15) is 39.7 Å². The summed E-state index contributed by atoms with van der Waals surface area (Å²) in [5, 5.41) is 1.07. The monoisotopic (exact) mass is 409 g/mol. The molecule has 0 saturated carbocycles. The Labute approximate surface area is 173 Å². The van der Waals surface area contributed by atoms with Crippen LogP contribution in [0.5, 0.6) is 0 Å². The average Bonchev–Trinajstić information content (AvgIpc) is 3.18. The number of nitrogen functional groups attached to an aromatic ring is 1. The van der Waals surface area contributed by atoms with Crippen LogP contribution in [-0.2, 0) is 9.53 Å². The topological polar surface area (TPSA) is 85.5 Å². The van der Waals surface area contributed by atoms with Gasteiger partial charge in [0.05, 0.1) is 20.8 Å². The summed E-state index contributed by atoms with van der Waals surface area (Å²) >= 11 is 1.69. The van der Waals surface area contributed by atoms with Gasteiger partial charge in [0.2, 0.25) is 0 Å². The van der Waals surface area contributed by atoms with Crippen molar-refractivity contribution in [2.75, 3.05) is 25.4 Å². The molecule has 0 aliphatic carbocycles. The summed E-state index contributed by atoms with van der Waals surface area (Å²) in [7, 11) is 0. The second kappa shape index (κ2) is 8.21. The molecule has 1 fully saturated rings. The van der Waals surface area contributed by atoms with E-state index in [-0.39, 0.29) is 18.4 Å². The molecule has 1 aliphatic heterocycles. The third-order valence-corrected chi connectivity index (χ3v) is 6.47. The molecule has 0 spiro atoms. The summed E-state index contributed by atoms with van der Waals surface area (Å²) in [5.74, 6) is -0.494. The summed E-state index contributed by atoms with van der Waals surface area (Å²) in [6.45, 7) is 2.88. The molecule has 4 rings (SSSR count). The van der Waals surface area contributed by atoms with Gasteiger partial charge in [-0.1, -0.05) is 18.2 Å². The second-order valence-corrected chi connectivity index (χ2v) is 8.41. The minimum atomic E-state index is -0.537. The Morgan fingerprint density at radius 2 is 2.10 bits per heavy atom. The number of hydrogen-bond donors (Lipinski definition) is 1. The number of likely N-dealkylation sites (tertiary alicyclic amines) is 1. The molecule has 1 saturated heterocycles. The third-order valence-electron chi connectivity index (χ3n) is 5.28. The van der Waals surface area contributed by atoms with E-state index in [2.05, 4.69) is 6.07 Å². The van der Waals surface area contributed by atoms with Crippen LogP contribution in [0.2, 0.25) is 0 Å². The number of fused-ring (bicyclic) bond motifs is 1. The number of rotatable bonds is 4. The van der Waals surface area contributed by atoms with Gasteiger partial charge >= 0.3 is 5.97 Å². The van der Waals surface area contributed by atoms with Gasteiger partial charge in [0, 0.05) is 24.7 Å².